The first-order valence-corrected chi connectivity index (χ1v) is 9.45. The highest BCUT2D eigenvalue weighted by molar-refractivity contribution is 5.94. The SMILES string of the molecule is CCCCCCCCOC(=O)c1ccc(C(=O)Oc2cc(F)cc(F)c2)cc1. The van der Waals surface area contributed by atoms with Gasteiger partial charge in [0.05, 0.1) is 17.7 Å². The lowest BCUT2D eigenvalue weighted by atomic mass is 10.1. The second kappa shape index (κ2) is 11.2. The van der Waals surface area contributed by atoms with E-state index < -0.39 is 23.6 Å². The van der Waals surface area contributed by atoms with Crippen LogP contribution in [0.15, 0.2) is 42.5 Å². The molecule has 0 spiro atoms. The van der Waals surface area contributed by atoms with Crippen LogP contribution < -0.4 is 4.74 Å². The highest BCUT2D eigenvalue weighted by Gasteiger charge is 2.13. The third-order valence-corrected chi connectivity index (χ3v) is 4.13. The third kappa shape index (κ3) is 7.10. The molecule has 0 amide bonds. The molecule has 0 aliphatic heterocycles. The fraction of sp³-hybridized carbons (Fsp3) is 0.364. The van der Waals surface area contributed by atoms with Gasteiger partial charge in [-0.3, -0.25) is 0 Å². The van der Waals surface area contributed by atoms with E-state index in [0.29, 0.717) is 18.2 Å². The van der Waals surface area contributed by atoms with Gasteiger partial charge in [-0.25, -0.2) is 18.4 Å². The predicted octanol–water partition coefficient (Wildman–Crippen LogP) is 5.70. The lowest BCUT2D eigenvalue weighted by Gasteiger charge is -2.07. The summed E-state index contributed by atoms with van der Waals surface area (Å²) in [6, 6.07) is 8.21. The van der Waals surface area contributed by atoms with Crippen LogP contribution in [0.4, 0.5) is 8.78 Å². The van der Waals surface area contributed by atoms with Crippen molar-refractivity contribution in [2.75, 3.05) is 6.61 Å². The van der Waals surface area contributed by atoms with E-state index in [4.69, 9.17) is 9.47 Å². The van der Waals surface area contributed by atoms with Crippen LogP contribution >= 0.6 is 0 Å². The minimum Gasteiger partial charge on any atom is -0.462 e. The number of esters is 2. The van der Waals surface area contributed by atoms with Crippen LogP contribution in [0.25, 0.3) is 0 Å². The topological polar surface area (TPSA) is 52.6 Å². The van der Waals surface area contributed by atoms with E-state index in [-0.39, 0.29) is 11.3 Å². The van der Waals surface area contributed by atoms with Crippen LogP contribution in [0.2, 0.25) is 0 Å². The maximum Gasteiger partial charge on any atom is 0.343 e. The zero-order valence-corrected chi connectivity index (χ0v) is 15.9. The average molecular weight is 390 g/mol. The van der Waals surface area contributed by atoms with Gasteiger partial charge in [-0.15, -0.1) is 0 Å². The van der Waals surface area contributed by atoms with Crippen molar-refractivity contribution in [2.24, 2.45) is 0 Å². The van der Waals surface area contributed by atoms with Crippen molar-refractivity contribution in [2.45, 2.75) is 45.4 Å². The van der Waals surface area contributed by atoms with Crippen molar-refractivity contribution < 1.29 is 27.8 Å². The first kappa shape index (κ1) is 21.5. The number of carbonyl (C=O) groups is 2. The number of unbranched alkanes of at least 4 members (excludes halogenated alkanes) is 5. The van der Waals surface area contributed by atoms with Crippen LogP contribution in [-0.4, -0.2) is 18.5 Å². The zero-order valence-electron chi connectivity index (χ0n) is 15.9. The van der Waals surface area contributed by atoms with Gasteiger partial charge >= 0.3 is 11.9 Å². The molecule has 0 unspecified atom stereocenters. The van der Waals surface area contributed by atoms with Crippen molar-refractivity contribution in [1.82, 2.24) is 0 Å². The maximum absolute atomic E-state index is 13.1. The molecular formula is C22H24F2O4. The van der Waals surface area contributed by atoms with Crippen LogP contribution in [0, 0.1) is 11.6 Å². The summed E-state index contributed by atoms with van der Waals surface area (Å²) in [5.74, 6) is -3.15. The van der Waals surface area contributed by atoms with E-state index in [0.717, 1.165) is 31.4 Å². The van der Waals surface area contributed by atoms with Crippen LogP contribution in [0.3, 0.4) is 0 Å². The first-order valence-electron chi connectivity index (χ1n) is 9.45. The molecule has 28 heavy (non-hydrogen) atoms. The van der Waals surface area contributed by atoms with Gasteiger partial charge in [-0.1, -0.05) is 39.0 Å². The Morgan fingerprint density at radius 3 is 1.93 bits per heavy atom. The molecule has 150 valence electrons. The molecular weight excluding hydrogens is 366 g/mol. The molecule has 2 aromatic rings. The fourth-order valence-corrected chi connectivity index (χ4v) is 2.63. The maximum atomic E-state index is 13.1. The Hall–Kier alpha value is -2.76. The monoisotopic (exact) mass is 390 g/mol. The van der Waals surface area contributed by atoms with Crippen LogP contribution in [0.1, 0.15) is 66.2 Å². The van der Waals surface area contributed by atoms with Gasteiger partial charge in [-0.05, 0) is 30.7 Å². The lowest BCUT2D eigenvalue weighted by molar-refractivity contribution is 0.0497. The Labute approximate surface area is 163 Å². The van der Waals surface area contributed by atoms with Crippen LogP contribution in [0.5, 0.6) is 5.75 Å². The summed E-state index contributed by atoms with van der Waals surface area (Å²) in [4.78, 5) is 24.1. The summed E-state index contributed by atoms with van der Waals surface area (Å²) >= 11 is 0. The summed E-state index contributed by atoms with van der Waals surface area (Å²) in [7, 11) is 0. The van der Waals surface area contributed by atoms with Crippen molar-refractivity contribution >= 4 is 11.9 Å². The molecule has 6 heteroatoms. The number of rotatable bonds is 10. The van der Waals surface area contributed by atoms with E-state index in [1.165, 1.54) is 43.5 Å². The second-order valence-corrected chi connectivity index (χ2v) is 6.48. The number of hydrogen-bond donors (Lipinski definition) is 0. The molecule has 0 saturated carbocycles. The summed E-state index contributed by atoms with van der Waals surface area (Å²) in [6.07, 6.45) is 6.60. The predicted molar refractivity (Wildman–Crippen MR) is 101 cm³/mol. The molecule has 0 aromatic heterocycles. The highest BCUT2D eigenvalue weighted by Crippen LogP contribution is 2.17. The minimum atomic E-state index is -0.841. The van der Waals surface area contributed by atoms with Gasteiger partial charge in [0.1, 0.15) is 17.4 Å². The van der Waals surface area contributed by atoms with Crippen molar-refractivity contribution in [1.29, 1.82) is 0 Å². The second-order valence-electron chi connectivity index (χ2n) is 6.48. The van der Waals surface area contributed by atoms with Gasteiger partial charge in [0.15, 0.2) is 0 Å². The summed E-state index contributed by atoms with van der Waals surface area (Å²) < 4.78 is 36.5. The molecule has 2 rings (SSSR count). The number of ether oxygens (including phenoxy) is 2. The Morgan fingerprint density at radius 2 is 1.32 bits per heavy atom. The van der Waals surface area contributed by atoms with E-state index in [1.54, 1.807) is 0 Å². The molecule has 4 nitrogen and oxygen atoms in total. The smallest absolute Gasteiger partial charge is 0.343 e. The van der Waals surface area contributed by atoms with Crippen molar-refractivity contribution in [3.05, 3.63) is 65.2 Å². The van der Waals surface area contributed by atoms with E-state index in [9.17, 15) is 18.4 Å². The van der Waals surface area contributed by atoms with Crippen LogP contribution in [-0.2, 0) is 4.74 Å². The number of hydrogen-bond acceptors (Lipinski definition) is 4. The molecule has 0 atom stereocenters. The third-order valence-electron chi connectivity index (χ3n) is 4.13. The first-order chi connectivity index (χ1) is 13.5. The summed E-state index contributed by atoms with van der Waals surface area (Å²) in [5, 5.41) is 0. The quantitative estimate of drug-likeness (QED) is 0.297. The summed E-state index contributed by atoms with van der Waals surface area (Å²) in [6.45, 7) is 2.52. The van der Waals surface area contributed by atoms with E-state index >= 15 is 0 Å². The number of halogens is 2. The molecule has 0 saturated heterocycles. The summed E-state index contributed by atoms with van der Waals surface area (Å²) in [5.41, 5.74) is 0.469. The van der Waals surface area contributed by atoms with Gasteiger partial charge < -0.3 is 9.47 Å². The Bertz CT molecular complexity index is 767. The molecule has 0 aliphatic rings. The standard InChI is InChI=1S/C22H24F2O4/c1-2-3-4-5-6-7-12-27-21(25)16-8-10-17(11-9-16)22(26)28-20-14-18(23)13-19(24)15-20/h8-11,13-15H,2-7,12H2,1H3. The molecule has 0 N–H and O–H groups in total. The van der Waals surface area contributed by atoms with Crippen molar-refractivity contribution in [3.63, 3.8) is 0 Å². The normalized spacial score (nSPS) is 10.5. The van der Waals surface area contributed by atoms with E-state index in [2.05, 4.69) is 6.92 Å². The Kier molecular flexibility index (Phi) is 8.59. The largest absolute Gasteiger partial charge is 0.462 e. The van der Waals surface area contributed by atoms with Gasteiger partial charge in [0.25, 0.3) is 0 Å². The molecule has 0 radical (unpaired) electrons. The molecule has 0 fully saturated rings. The number of carbonyl (C=O) groups excluding carboxylic acids is 2. The molecule has 2 aromatic carbocycles. The van der Waals surface area contributed by atoms with Gasteiger partial charge in [0.2, 0.25) is 0 Å². The van der Waals surface area contributed by atoms with Gasteiger partial charge in [-0.2, -0.15) is 0 Å². The highest BCUT2D eigenvalue weighted by atomic mass is 19.1. The van der Waals surface area contributed by atoms with E-state index in [1.807, 2.05) is 0 Å². The molecule has 0 bridgehead atoms. The molecule has 0 heterocycles. The zero-order chi connectivity index (χ0) is 20.4. The average Bonchev–Trinajstić information content (AvgIpc) is 2.66. The fourth-order valence-electron chi connectivity index (χ4n) is 2.63. The minimum absolute atomic E-state index is 0.150. The molecule has 0 aliphatic carbocycles. The Morgan fingerprint density at radius 1 is 0.786 bits per heavy atom. The van der Waals surface area contributed by atoms with Gasteiger partial charge in [0, 0.05) is 18.2 Å². The Balaban J connectivity index is 1.81. The van der Waals surface area contributed by atoms with Crippen molar-refractivity contribution in [3.8, 4) is 5.75 Å². The lowest BCUT2D eigenvalue weighted by Crippen LogP contribution is -2.10. The number of benzene rings is 2.